The molecule has 0 amide bonds. The van der Waals surface area contributed by atoms with E-state index in [1.807, 2.05) is 13.8 Å². The smallest absolute Gasteiger partial charge is 0.00516 e. The highest BCUT2D eigenvalue weighted by molar-refractivity contribution is 4.39. The molecule has 1 heteroatoms. The van der Waals surface area contributed by atoms with E-state index in [1.54, 1.807) is 0 Å². The Morgan fingerprint density at radius 1 is 0.615 bits per heavy atom. The summed E-state index contributed by atoms with van der Waals surface area (Å²) in [6.45, 7) is 15.1. The van der Waals surface area contributed by atoms with Gasteiger partial charge in [0.25, 0.3) is 0 Å². The first kappa shape index (κ1) is 18.7. The second-order valence-electron chi connectivity index (χ2n) is 2.75. The van der Waals surface area contributed by atoms with Crippen LogP contribution in [0, 0.1) is 0 Å². The van der Waals surface area contributed by atoms with Crippen LogP contribution in [0.25, 0.3) is 0 Å². The first-order chi connectivity index (χ1) is 6.33. The number of rotatable bonds is 5. The zero-order valence-corrected chi connectivity index (χ0v) is 10.7. The van der Waals surface area contributed by atoms with E-state index in [0.717, 1.165) is 0 Å². The molecular weight excluding hydrogens is 158 g/mol. The SMILES string of the molecule is CC.CCCC.CCCNCCC. The predicted molar refractivity (Wildman–Crippen MR) is 65.4 cm³/mol. The van der Waals surface area contributed by atoms with Crippen molar-refractivity contribution in [3.8, 4) is 0 Å². The molecule has 0 saturated carbocycles. The summed E-state index contributed by atoms with van der Waals surface area (Å²) in [6, 6.07) is 0. The highest BCUT2D eigenvalue weighted by Crippen LogP contribution is 1.76. The molecule has 0 atom stereocenters. The summed E-state index contributed by atoms with van der Waals surface area (Å²) in [5.41, 5.74) is 0. The molecule has 0 aromatic rings. The second kappa shape index (κ2) is 29.7. The number of nitrogens with one attached hydrogen (secondary N) is 1. The van der Waals surface area contributed by atoms with Crippen molar-refractivity contribution < 1.29 is 0 Å². The van der Waals surface area contributed by atoms with E-state index in [1.165, 1.54) is 38.8 Å². The van der Waals surface area contributed by atoms with Crippen LogP contribution < -0.4 is 5.32 Å². The van der Waals surface area contributed by atoms with Gasteiger partial charge in [0.05, 0.1) is 0 Å². The maximum Gasteiger partial charge on any atom is -0.00516 e. The zero-order valence-electron chi connectivity index (χ0n) is 10.7. The lowest BCUT2D eigenvalue weighted by Gasteiger charge is -1.95. The van der Waals surface area contributed by atoms with Gasteiger partial charge in [0, 0.05) is 0 Å². The van der Waals surface area contributed by atoms with Crippen molar-refractivity contribution in [2.45, 2.75) is 67.2 Å². The Balaban J connectivity index is -0.000000142. The fourth-order valence-electron chi connectivity index (χ4n) is 0.479. The van der Waals surface area contributed by atoms with Crippen LogP contribution in [0.15, 0.2) is 0 Å². The third-order valence-corrected chi connectivity index (χ3v) is 1.35. The Labute approximate surface area is 86.3 Å². The molecule has 0 aliphatic rings. The number of hydrogen-bond donors (Lipinski definition) is 1. The summed E-state index contributed by atoms with van der Waals surface area (Å²) in [5.74, 6) is 0. The summed E-state index contributed by atoms with van der Waals surface area (Å²) < 4.78 is 0. The van der Waals surface area contributed by atoms with E-state index < -0.39 is 0 Å². The molecule has 13 heavy (non-hydrogen) atoms. The predicted octanol–water partition coefficient (Wildman–Crippen LogP) is 4.23. The maximum atomic E-state index is 3.28. The quantitative estimate of drug-likeness (QED) is 0.638. The Kier molecular flexibility index (Phi) is 42.6. The van der Waals surface area contributed by atoms with Crippen LogP contribution in [-0.4, -0.2) is 13.1 Å². The van der Waals surface area contributed by atoms with Gasteiger partial charge in [0.15, 0.2) is 0 Å². The van der Waals surface area contributed by atoms with Gasteiger partial charge in [0.1, 0.15) is 0 Å². The molecule has 0 heterocycles. The number of hydrogen-bond acceptors (Lipinski definition) is 1. The fourth-order valence-corrected chi connectivity index (χ4v) is 0.479. The van der Waals surface area contributed by atoms with Crippen molar-refractivity contribution in [2.75, 3.05) is 13.1 Å². The van der Waals surface area contributed by atoms with Crippen LogP contribution in [-0.2, 0) is 0 Å². The molecule has 0 aromatic carbocycles. The van der Waals surface area contributed by atoms with E-state index in [4.69, 9.17) is 0 Å². The molecule has 0 aliphatic heterocycles. The summed E-state index contributed by atoms with van der Waals surface area (Å²) in [6.07, 6.45) is 5.14. The van der Waals surface area contributed by atoms with Crippen LogP contribution in [0.2, 0.25) is 0 Å². The monoisotopic (exact) mass is 189 g/mol. The standard InChI is InChI=1S/C6H15N.C4H10.C2H6/c1-3-5-7-6-4-2;1-3-4-2;1-2/h7H,3-6H2,1-2H3;3-4H2,1-2H3;1-2H3. The lowest BCUT2D eigenvalue weighted by molar-refractivity contribution is 0.662. The minimum absolute atomic E-state index is 1.17. The van der Waals surface area contributed by atoms with Crippen LogP contribution >= 0.6 is 0 Å². The lowest BCUT2D eigenvalue weighted by atomic mass is 10.4. The molecule has 0 rings (SSSR count). The lowest BCUT2D eigenvalue weighted by Crippen LogP contribution is -2.14. The van der Waals surface area contributed by atoms with Gasteiger partial charge in [-0.05, 0) is 25.9 Å². The average molecular weight is 189 g/mol. The summed E-state index contributed by atoms with van der Waals surface area (Å²) in [5, 5.41) is 3.28. The van der Waals surface area contributed by atoms with Gasteiger partial charge in [-0.2, -0.15) is 0 Å². The van der Waals surface area contributed by atoms with Gasteiger partial charge in [0.2, 0.25) is 0 Å². The van der Waals surface area contributed by atoms with Crippen LogP contribution in [0.4, 0.5) is 0 Å². The summed E-state index contributed by atoms with van der Waals surface area (Å²) in [4.78, 5) is 0. The molecule has 84 valence electrons. The van der Waals surface area contributed by atoms with Crippen molar-refractivity contribution in [3.05, 3.63) is 0 Å². The first-order valence-corrected chi connectivity index (χ1v) is 6.04. The van der Waals surface area contributed by atoms with E-state index in [2.05, 4.69) is 33.0 Å². The van der Waals surface area contributed by atoms with E-state index >= 15 is 0 Å². The minimum Gasteiger partial charge on any atom is -0.317 e. The summed E-state index contributed by atoms with van der Waals surface area (Å²) >= 11 is 0. The van der Waals surface area contributed by atoms with Gasteiger partial charge in [-0.3, -0.25) is 0 Å². The van der Waals surface area contributed by atoms with Crippen molar-refractivity contribution in [2.24, 2.45) is 0 Å². The normalized spacial score (nSPS) is 7.85. The Hall–Kier alpha value is -0.0400. The van der Waals surface area contributed by atoms with Gasteiger partial charge >= 0.3 is 0 Å². The van der Waals surface area contributed by atoms with Crippen LogP contribution in [0.5, 0.6) is 0 Å². The van der Waals surface area contributed by atoms with Crippen LogP contribution in [0.1, 0.15) is 67.2 Å². The van der Waals surface area contributed by atoms with E-state index in [0.29, 0.717) is 0 Å². The summed E-state index contributed by atoms with van der Waals surface area (Å²) in [7, 11) is 0. The average Bonchev–Trinajstić information content (AvgIpc) is 2.22. The van der Waals surface area contributed by atoms with Gasteiger partial charge in [-0.25, -0.2) is 0 Å². The van der Waals surface area contributed by atoms with E-state index in [9.17, 15) is 0 Å². The molecule has 1 nitrogen and oxygen atoms in total. The van der Waals surface area contributed by atoms with Gasteiger partial charge < -0.3 is 5.32 Å². The molecule has 0 unspecified atom stereocenters. The molecule has 0 bridgehead atoms. The van der Waals surface area contributed by atoms with Gasteiger partial charge in [-0.1, -0.05) is 54.4 Å². The fraction of sp³-hybridized carbons (Fsp3) is 1.00. The number of unbranched alkanes of at least 4 members (excludes halogenated alkanes) is 1. The third kappa shape index (κ3) is 48.2. The molecule has 0 spiro atoms. The topological polar surface area (TPSA) is 12.0 Å². The molecule has 0 saturated heterocycles. The Morgan fingerprint density at radius 2 is 0.923 bits per heavy atom. The van der Waals surface area contributed by atoms with Gasteiger partial charge in [-0.15, -0.1) is 0 Å². The van der Waals surface area contributed by atoms with Crippen molar-refractivity contribution in [1.82, 2.24) is 5.32 Å². The Morgan fingerprint density at radius 3 is 1.08 bits per heavy atom. The van der Waals surface area contributed by atoms with Crippen molar-refractivity contribution in [3.63, 3.8) is 0 Å². The molecule has 0 fully saturated rings. The largest absolute Gasteiger partial charge is 0.317 e. The Bertz CT molecular complexity index is 38.4. The second-order valence-corrected chi connectivity index (χ2v) is 2.75. The zero-order chi connectivity index (χ0) is 10.9. The maximum absolute atomic E-state index is 3.28. The highest BCUT2D eigenvalue weighted by atomic mass is 14.8. The first-order valence-electron chi connectivity index (χ1n) is 6.04. The third-order valence-electron chi connectivity index (χ3n) is 1.35. The molecule has 0 aliphatic carbocycles. The highest BCUT2D eigenvalue weighted by Gasteiger charge is 1.76. The van der Waals surface area contributed by atoms with Crippen molar-refractivity contribution in [1.29, 1.82) is 0 Å². The van der Waals surface area contributed by atoms with Crippen LogP contribution in [0.3, 0.4) is 0 Å². The van der Waals surface area contributed by atoms with E-state index in [-0.39, 0.29) is 0 Å². The molecule has 1 N–H and O–H groups in total. The molecule has 0 radical (unpaired) electrons. The molecule has 0 aromatic heterocycles. The van der Waals surface area contributed by atoms with Crippen molar-refractivity contribution >= 4 is 0 Å². The molecular formula is C12H31N. The minimum atomic E-state index is 1.17.